The monoisotopic (exact) mass is 241 g/mol. The molecular weight excluding hydrogens is 226 g/mol. The van der Waals surface area contributed by atoms with Gasteiger partial charge in [-0.05, 0) is 44.9 Å². The summed E-state index contributed by atoms with van der Waals surface area (Å²) in [5, 5.41) is 19.1. The van der Waals surface area contributed by atoms with Gasteiger partial charge in [0.05, 0.1) is 22.7 Å². The Kier molecular flexibility index (Phi) is 2.23. The molecule has 0 aliphatic heterocycles. The number of imidazole rings is 1. The van der Waals surface area contributed by atoms with Crippen LogP contribution in [0.1, 0.15) is 44.1 Å². The number of hydrogen-bond donors (Lipinski definition) is 1. The van der Waals surface area contributed by atoms with E-state index in [2.05, 4.69) is 15.6 Å². The summed E-state index contributed by atoms with van der Waals surface area (Å²) in [5.74, 6) is 0.690. The minimum Gasteiger partial charge on any atom is -0.383 e. The predicted octanol–water partition coefficient (Wildman–Crippen LogP) is 2.47. The first kappa shape index (κ1) is 11.2. The first-order chi connectivity index (χ1) is 8.50. The molecule has 0 unspecified atom stereocenters. The van der Waals surface area contributed by atoms with Gasteiger partial charge in [-0.15, -0.1) is 0 Å². The van der Waals surface area contributed by atoms with Crippen LogP contribution in [-0.4, -0.2) is 14.7 Å². The van der Waals surface area contributed by atoms with Gasteiger partial charge in [-0.3, -0.25) is 0 Å². The van der Waals surface area contributed by atoms with Crippen LogP contribution < -0.4 is 0 Å². The summed E-state index contributed by atoms with van der Waals surface area (Å²) in [6.07, 6.45) is 2.27. The quantitative estimate of drug-likeness (QED) is 0.878. The Labute approximate surface area is 105 Å². The lowest BCUT2D eigenvalue weighted by atomic mass is 10.1. The number of fused-ring (bicyclic) bond motifs is 1. The number of benzene rings is 1. The molecule has 1 N–H and O–H groups in total. The van der Waals surface area contributed by atoms with Gasteiger partial charge in [0.2, 0.25) is 0 Å². The highest BCUT2D eigenvalue weighted by Crippen LogP contribution is 2.40. The number of rotatable bonds is 2. The first-order valence-electron chi connectivity index (χ1n) is 6.15. The van der Waals surface area contributed by atoms with E-state index in [0.29, 0.717) is 17.4 Å². The number of aromatic nitrogens is 2. The van der Waals surface area contributed by atoms with Crippen molar-refractivity contribution in [2.75, 3.05) is 0 Å². The Bertz CT molecular complexity index is 654. The van der Waals surface area contributed by atoms with Crippen molar-refractivity contribution in [1.82, 2.24) is 9.55 Å². The van der Waals surface area contributed by atoms with Crippen LogP contribution in [0.4, 0.5) is 0 Å². The van der Waals surface area contributed by atoms with Gasteiger partial charge in [-0.1, -0.05) is 0 Å². The van der Waals surface area contributed by atoms with Crippen molar-refractivity contribution >= 4 is 11.0 Å². The lowest BCUT2D eigenvalue weighted by Gasteiger charge is -2.18. The summed E-state index contributed by atoms with van der Waals surface area (Å²) in [6.45, 7) is 3.50. The fourth-order valence-corrected chi connectivity index (χ4v) is 2.30. The summed E-state index contributed by atoms with van der Waals surface area (Å²) >= 11 is 0. The summed E-state index contributed by atoms with van der Waals surface area (Å²) in [5.41, 5.74) is 1.44. The molecule has 0 atom stereocenters. The van der Waals surface area contributed by atoms with Gasteiger partial charge in [0.15, 0.2) is 0 Å². The average Bonchev–Trinajstić information content (AvgIpc) is 3.07. The van der Waals surface area contributed by atoms with Crippen LogP contribution in [-0.2, 0) is 5.60 Å². The SMILES string of the molecule is CC(C)(O)c1nc2cc(C#N)ccc2n1C1CC1. The molecule has 4 nitrogen and oxygen atoms in total. The van der Waals surface area contributed by atoms with Crippen LogP contribution in [0.3, 0.4) is 0 Å². The Morgan fingerprint density at radius 2 is 2.17 bits per heavy atom. The van der Waals surface area contributed by atoms with Gasteiger partial charge in [0.1, 0.15) is 11.4 Å². The number of nitriles is 1. The Morgan fingerprint density at radius 3 is 2.72 bits per heavy atom. The maximum absolute atomic E-state index is 10.2. The van der Waals surface area contributed by atoms with Crippen LogP contribution in [0, 0.1) is 11.3 Å². The van der Waals surface area contributed by atoms with Gasteiger partial charge in [0.25, 0.3) is 0 Å². The van der Waals surface area contributed by atoms with Crippen LogP contribution in [0.25, 0.3) is 11.0 Å². The molecule has 4 heteroatoms. The Balaban J connectivity index is 2.29. The molecule has 1 heterocycles. The third-order valence-corrected chi connectivity index (χ3v) is 3.28. The zero-order chi connectivity index (χ0) is 12.9. The van der Waals surface area contributed by atoms with Crippen LogP contribution in [0.15, 0.2) is 18.2 Å². The molecule has 1 aliphatic rings. The van der Waals surface area contributed by atoms with Gasteiger partial charge in [-0.2, -0.15) is 5.26 Å². The van der Waals surface area contributed by atoms with Crippen molar-refractivity contribution in [2.24, 2.45) is 0 Å². The molecule has 2 aromatic rings. The molecule has 3 rings (SSSR count). The van der Waals surface area contributed by atoms with Gasteiger partial charge < -0.3 is 9.67 Å². The molecule has 1 aromatic heterocycles. The zero-order valence-electron chi connectivity index (χ0n) is 10.5. The van der Waals surface area contributed by atoms with Crippen molar-refractivity contribution in [3.05, 3.63) is 29.6 Å². The van der Waals surface area contributed by atoms with E-state index >= 15 is 0 Å². The van der Waals surface area contributed by atoms with Crippen LogP contribution in [0.5, 0.6) is 0 Å². The van der Waals surface area contributed by atoms with E-state index in [1.54, 1.807) is 26.0 Å². The second-order valence-electron chi connectivity index (χ2n) is 5.41. The van der Waals surface area contributed by atoms with E-state index in [0.717, 1.165) is 23.9 Å². The standard InChI is InChI=1S/C14H15N3O/c1-14(2,18)13-16-11-7-9(8-15)3-6-12(11)17(13)10-4-5-10/h3,6-7,10,18H,4-5H2,1-2H3. The van der Waals surface area contributed by atoms with Gasteiger partial charge >= 0.3 is 0 Å². The van der Waals surface area contributed by atoms with Crippen molar-refractivity contribution in [3.63, 3.8) is 0 Å². The fourth-order valence-electron chi connectivity index (χ4n) is 2.30. The van der Waals surface area contributed by atoms with Crippen molar-refractivity contribution in [2.45, 2.75) is 38.3 Å². The van der Waals surface area contributed by atoms with E-state index in [9.17, 15) is 5.11 Å². The Hall–Kier alpha value is -1.86. The highest BCUT2D eigenvalue weighted by Gasteiger charge is 2.33. The fraction of sp³-hybridized carbons (Fsp3) is 0.429. The van der Waals surface area contributed by atoms with Crippen LogP contribution in [0.2, 0.25) is 0 Å². The molecule has 1 saturated carbocycles. The summed E-state index contributed by atoms with van der Waals surface area (Å²) in [7, 11) is 0. The van der Waals surface area contributed by atoms with E-state index in [1.807, 2.05) is 6.07 Å². The molecule has 0 spiro atoms. The van der Waals surface area contributed by atoms with E-state index in [-0.39, 0.29) is 0 Å². The molecule has 0 saturated heterocycles. The number of aliphatic hydroxyl groups is 1. The van der Waals surface area contributed by atoms with Crippen LogP contribution >= 0.6 is 0 Å². The summed E-state index contributed by atoms with van der Waals surface area (Å²) < 4.78 is 2.12. The number of hydrogen-bond acceptors (Lipinski definition) is 3. The van der Waals surface area contributed by atoms with E-state index in [4.69, 9.17) is 5.26 Å². The van der Waals surface area contributed by atoms with Crippen molar-refractivity contribution in [3.8, 4) is 6.07 Å². The third kappa shape index (κ3) is 1.68. The lowest BCUT2D eigenvalue weighted by molar-refractivity contribution is 0.0652. The molecule has 1 aliphatic carbocycles. The van der Waals surface area contributed by atoms with Gasteiger partial charge in [-0.25, -0.2) is 4.98 Å². The molecule has 92 valence electrons. The molecule has 0 radical (unpaired) electrons. The maximum atomic E-state index is 10.2. The number of nitrogens with zero attached hydrogens (tertiary/aromatic N) is 3. The topological polar surface area (TPSA) is 61.8 Å². The molecule has 1 aromatic carbocycles. The first-order valence-corrected chi connectivity index (χ1v) is 6.15. The second kappa shape index (κ2) is 3.56. The smallest absolute Gasteiger partial charge is 0.141 e. The van der Waals surface area contributed by atoms with Crippen molar-refractivity contribution in [1.29, 1.82) is 5.26 Å². The highest BCUT2D eigenvalue weighted by molar-refractivity contribution is 5.78. The summed E-state index contributed by atoms with van der Waals surface area (Å²) in [4.78, 5) is 4.52. The molecule has 18 heavy (non-hydrogen) atoms. The lowest BCUT2D eigenvalue weighted by Crippen LogP contribution is -2.21. The second-order valence-corrected chi connectivity index (χ2v) is 5.41. The van der Waals surface area contributed by atoms with E-state index in [1.165, 1.54) is 0 Å². The molecular formula is C14H15N3O. The molecule has 0 amide bonds. The van der Waals surface area contributed by atoms with Gasteiger partial charge in [0, 0.05) is 6.04 Å². The normalized spacial score (nSPS) is 15.9. The minimum absolute atomic E-state index is 0.448. The third-order valence-electron chi connectivity index (χ3n) is 3.28. The minimum atomic E-state index is -0.964. The Morgan fingerprint density at radius 1 is 1.44 bits per heavy atom. The average molecular weight is 241 g/mol. The maximum Gasteiger partial charge on any atom is 0.141 e. The molecule has 1 fully saturated rings. The molecule has 0 bridgehead atoms. The zero-order valence-corrected chi connectivity index (χ0v) is 10.5. The largest absolute Gasteiger partial charge is 0.383 e. The summed E-state index contributed by atoms with van der Waals surface area (Å²) in [6, 6.07) is 8.08. The predicted molar refractivity (Wildman–Crippen MR) is 68.0 cm³/mol. The van der Waals surface area contributed by atoms with Crippen molar-refractivity contribution < 1.29 is 5.11 Å². The highest BCUT2D eigenvalue weighted by atomic mass is 16.3. The van der Waals surface area contributed by atoms with E-state index < -0.39 is 5.60 Å².